The maximum atomic E-state index is 13.3. The van der Waals surface area contributed by atoms with E-state index in [1.807, 2.05) is 30.3 Å². The van der Waals surface area contributed by atoms with Crippen molar-refractivity contribution >= 4 is 19.6 Å². The molecule has 2 aromatic rings. The molecular weight excluding hydrogens is 395 g/mol. The average molecular weight is 418 g/mol. The van der Waals surface area contributed by atoms with Crippen LogP contribution < -0.4 is 0 Å². The Bertz CT molecular complexity index is 930. The number of hydrogen-bond acceptors (Lipinski definition) is 4. The Hall–Kier alpha value is -2.67. The van der Waals surface area contributed by atoms with Crippen molar-refractivity contribution in [2.75, 3.05) is 13.4 Å². The van der Waals surface area contributed by atoms with Gasteiger partial charge in [0.15, 0.2) is 0 Å². The van der Waals surface area contributed by atoms with Gasteiger partial charge in [-0.2, -0.15) is 0 Å². The average Bonchev–Trinajstić information content (AvgIpc) is 2.71. The van der Waals surface area contributed by atoms with Gasteiger partial charge in [-0.3, -0.25) is 4.57 Å². The third-order valence-electron chi connectivity index (χ3n) is 4.81. The van der Waals surface area contributed by atoms with Crippen molar-refractivity contribution in [1.29, 1.82) is 0 Å². The first-order valence-corrected chi connectivity index (χ1v) is 10.9. The molecule has 0 fully saturated rings. The van der Waals surface area contributed by atoms with Crippen molar-refractivity contribution in [1.82, 2.24) is 9.80 Å². The van der Waals surface area contributed by atoms with E-state index in [2.05, 4.69) is 0 Å². The van der Waals surface area contributed by atoms with Crippen LogP contribution in [0.25, 0.3) is 0 Å². The minimum absolute atomic E-state index is 0.0107. The number of ether oxygens (including phenoxy) is 1. The van der Waals surface area contributed by atoms with Crippen molar-refractivity contribution in [2.24, 2.45) is 0 Å². The number of carbonyl (C=O) groups excluding carboxylic acids is 2. The molecule has 8 nitrogen and oxygen atoms in total. The first-order chi connectivity index (χ1) is 13.8. The standard InChI is InChI=1S/C20H23N2O6P/c1-28-19(23)18-11-16-9-5-6-10-17(16)13-22(18)20(24)21(14-29(25,26)27)12-15-7-3-2-4-8-15/h2-10,18H,11-14H2,1H3,(H2,25,26,27). The molecule has 9 heteroatoms. The predicted octanol–water partition coefficient (Wildman–Crippen LogP) is 2.34. The van der Waals surface area contributed by atoms with E-state index in [4.69, 9.17) is 4.74 Å². The van der Waals surface area contributed by atoms with Crippen LogP contribution in [0.2, 0.25) is 0 Å². The van der Waals surface area contributed by atoms with Gasteiger partial charge in [-0.1, -0.05) is 54.6 Å². The molecule has 1 atom stereocenters. The van der Waals surface area contributed by atoms with Gasteiger partial charge in [-0.15, -0.1) is 0 Å². The lowest BCUT2D eigenvalue weighted by Crippen LogP contribution is -2.53. The molecule has 2 aromatic carbocycles. The smallest absolute Gasteiger partial charge is 0.344 e. The molecule has 1 heterocycles. The maximum absolute atomic E-state index is 13.3. The Morgan fingerprint density at radius 2 is 1.72 bits per heavy atom. The zero-order valence-corrected chi connectivity index (χ0v) is 16.9. The SMILES string of the molecule is COC(=O)C1Cc2ccccc2CN1C(=O)N(Cc1ccccc1)CP(=O)(O)O. The Balaban J connectivity index is 1.93. The highest BCUT2D eigenvalue weighted by Gasteiger charge is 2.38. The number of methoxy groups -OCH3 is 1. The van der Waals surface area contributed by atoms with Gasteiger partial charge >= 0.3 is 19.6 Å². The Kier molecular flexibility index (Phi) is 6.37. The van der Waals surface area contributed by atoms with Gasteiger partial charge in [0.1, 0.15) is 12.3 Å². The fourth-order valence-corrected chi connectivity index (χ4v) is 4.12. The van der Waals surface area contributed by atoms with E-state index in [1.54, 1.807) is 24.3 Å². The zero-order chi connectivity index (χ0) is 21.0. The van der Waals surface area contributed by atoms with E-state index < -0.39 is 31.9 Å². The lowest BCUT2D eigenvalue weighted by Gasteiger charge is -2.38. The number of esters is 1. The highest BCUT2D eigenvalue weighted by atomic mass is 31.2. The fourth-order valence-electron chi connectivity index (χ4n) is 3.46. The summed E-state index contributed by atoms with van der Waals surface area (Å²) in [6, 6.07) is 14.9. The molecule has 2 N–H and O–H groups in total. The Morgan fingerprint density at radius 3 is 2.34 bits per heavy atom. The minimum atomic E-state index is -4.52. The number of carbonyl (C=O) groups is 2. The van der Waals surface area contributed by atoms with Crippen molar-refractivity contribution in [2.45, 2.75) is 25.6 Å². The molecule has 0 radical (unpaired) electrons. The summed E-state index contributed by atoms with van der Waals surface area (Å²) in [6.45, 7) is 0.165. The van der Waals surface area contributed by atoms with E-state index >= 15 is 0 Å². The molecule has 1 aliphatic rings. The third kappa shape index (κ3) is 5.23. The van der Waals surface area contributed by atoms with Crippen LogP contribution in [0.5, 0.6) is 0 Å². The number of benzene rings is 2. The molecule has 0 saturated carbocycles. The summed E-state index contributed by atoms with van der Waals surface area (Å²) in [4.78, 5) is 47.1. The summed E-state index contributed by atoms with van der Waals surface area (Å²) < 4.78 is 16.6. The molecule has 3 rings (SSSR count). The van der Waals surface area contributed by atoms with Crippen LogP contribution in [-0.2, 0) is 33.6 Å². The lowest BCUT2D eigenvalue weighted by atomic mass is 9.94. The van der Waals surface area contributed by atoms with Gasteiger partial charge in [0.2, 0.25) is 0 Å². The Labute approximate surface area is 168 Å². The molecule has 29 heavy (non-hydrogen) atoms. The van der Waals surface area contributed by atoms with E-state index in [0.29, 0.717) is 0 Å². The number of urea groups is 1. The van der Waals surface area contributed by atoms with Crippen LogP contribution in [-0.4, -0.2) is 51.0 Å². The predicted molar refractivity (Wildman–Crippen MR) is 106 cm³/mol. The first-order valence-electron chi connectivity index (χ1n) is 9.07. The molecule has 0 spiro atoms. The normalized spacial score (nSPS) is 16.1. The molecule has 1 unspecified atom stereocenters. The van der Waals surface area contributed by atoms with Crippen LogP contribution in [0.4, 0.5) is 4.79 Å². The summed E-state index contributed by atoms with van der Waals surface area (Å²) in [6.07, 6.45) is -0.462. The molecule has 154 valence electrons. The van der Waals surface area contributed by atoms with E-state index in [0.717, 1.165) is 21.6 Å². The molecule has 1 aliphatic heterocycles. The largest absolute Gasteiger partial charge is 0.467 e. The summed E-state index contributed by atoms with van der Waals surface area (Å²) in [7, 11) is -3.27. The first kappa shape index (κ1) is 21.0. The maximum Gasteiger partial charge on any atom is 0.344 e. The monoisotopic (exact) mass is 418 g/mol. The van der Waals surface area contributed by atoms with Crippen LogP contribution >= 0.6 is 7.60 Å². The minimum Gasteiger partial charge on any atom is -0.467 e. The number of rotatable bonds is 5. The second-order valence-electron chi connectivity index (χ2n) is 6.91. The summed E-state index contributed by atoms with van der Waals surface area (Å²) in [5.41, 5.74) is 2.55. The number of fused-ring (bicyclic) bond motifs is 1. The van der Waals surface area contributed by atoms with Gasteiger partial charge in [-0.05, 0) is 16.7 Å². The Morgan fingerprint density at radius 1 is 1.10 bits per heavy atom. The van der Waals surface area contributed by atoms with Crippen LogP contribution in [0.1, 0.15) is 16.7 Å². The van der Waals surface area contributed by atoms with Gasteiger partial charge in [0.05, 0.1) is 7.11 Å². The van der Waals surface area contributed by atoms with E-state index in [-0.39, 0.29) is 19.5 Å². The topological polar surface area (TPSA) is 107 Å². The highest BCUT2D eigenvalue weighted by molar-refractivity contribution is 7.51. The van der Waals surface area contributed by atoms with Crippen molar-refractivity contribution < 1.29 is 28.7 Å². The zero-order valence-electron chi connectivity index (χ0n) is 16.0. The van der Waals surface area contributed by atoms with E-state index in [9.17, 15) is 23.9 Å². The summed E-state index contributed by atoms with van der Waals surface area (Å²) >= 11 is 0. The van der Waals surface area contributed by atoms with Crippen LogP contribution in [0.3, 0.4) is 0 Å². The van der Waals surface area contributed by atoms with Gasteiger partial charge < -0.3 is 24.3 Å². The van der Waals surface area contributed by atoms with E-state index in [1.165, 1.54) is 12.0 Å². The van der Waals surface area contributed by atoms with Crippen molar-refractivity contribution in [3.8, 4) is 0 Å². The summed E-state index contributed by atoms with van der Waals surface area (Å²) in [5, 5.41) is 0. The third-order valence-corrected chi connectivity index (χ3v) is 5.52. The summed E-state index contributed by atoms with van der Waals surface area (Å²) in [5.74, 6) is -0.566. The second-order valence-corrected chi connectivity index (χ2v) is 8.52. The molecule has 2 amide bonds. The number of nitrogens with zero attached hydrogens (tertiary/aromatic N) is 2. The molecule has 0 aromatic heterocycles. The number of amides is 2. The van der Waals surface area contributed by atoms with Crippen LogP contribution in [0, 0.1) is 0 Å². The van der Waals surface area contributed by atoms with Crippen molar-refractivity contribution in [3.05, 3.63) is 71.3 Å². The van der Waals surface area contributed by atoms with Crippen LogP contribution in [0.15, 0.2) is 54.6 Å². The van der Waals surface area contributed by atoms with Gasteiger partial charge in [0.25, 0.3) is 0 Å². The molecule has 0 bridgehead atoms. The second kappa shape index (κ2) is 8.78. The van der Waals surface area contributed by atoms with Gasteiger partial charge in [-0.25, -0.2) is 9.59 Å². The molecule has 0 aliphatic carbocycles. The van der Waals surface area contributed by atoms with Crippen molar-refractivity contribution in [3.63, 3.8) is 0 Å². The lowest BCUT2D eigenvalue weighted by molar-refractivity contribution is -0.146. The quantitative estimate of drug-likeness (QED) is 0.570. The molecule has 0 saturated heterocycles. The number of hydrogen-bond donors (Lipinski definition) is 2. The fraction of sp³-hybridized carbons (Fsp3) is 0.300. The highest BCUT2D eigenvalue weighted by Crippen LogP contribution is 2.36. The van der Waals surface area contributed by atoms with Gasteiger partial charge in [0, 0.05) is 19.5 Å². The molecular formula is C20H23N2O6P.